The fraction of sp³-hybridized carbons (Fsp3) is 0.533. The fourth-order valence-corrected chi connectivity index (χ4v) is 2.58. The van der Waals surface area contributed by atoms with Crippen molar-refractivity contribution in [1.29, 1.82) is 0 Å². The van der Waals surface area contributed by atoms with Gasteiger partial charge >= 0.3 is 0 Å². The highest BCUT2D eigenvalue weighted by Crippen LogP contribution is 2.20. The second-order valence-corrected chi connectivity index (χ2v) is 5.39. The number of nitrogens with zero attached hydrogens (tertiary/aromatic N) is 1. The average molecular weight is 333 g/mol. The molecule has 0 unspecified atom stereocenters. The number of hydrogen-bond donors (Lipinski definition) is 1. The number of likely N-dealkylation sites (tertiary alicyclic amines) is 1. The van der Waals surface area contributed by atoms with E-state index in [4.69, 9.17) is 22.1 Å². The largest absolute Gasteiger partial charge is 0.378 e. The first-order chi connectivity index (χ1) is 9.72. The lowest BCUT2D eigenvalue weighted by molar-refractivity contribution is 0.00845. The van der Waals surface area contributed by atoms with Crippen LogP contribution in [0.2, 0.25) is 5.02 Å². The quantitative estimate of drug-likeness (QED) is 0.843. The van der Waals surface area contributed by atoms with Crippen molar-refractivity contribution < 1.29 is 9.53 Å². The third-order valence-electron chi connectivity index (χ3n) is 3.54. The minimum Gasteiger partial charge on any atom is -0.378 e. The molecule has 1 aromatic rings. The number of carbonyl (C=O) groups excluding carboxylic acids is 1. The molecule has 1 aromatic carbocycles. The van der Waals surface area contributed by atoms with Crippen LogP contribution in [0.15, 0.2) is 24.3 Å². The van der Waals surface area contributed by atoms with Crippen molar-refractivity contribution in [3.63, 3.8) is 0 Å². The lowest BCUT2D eigenvalue weighted by Gasteiger charge is -2.32. The summed E-state index contributed by atoms with van der Waals surface area (Å²) in [5.41, 5.74) is 6.02. The van der Waals surface area contributed by atoms with Gasteiger partial charge < -0.3 is 15.4 Å². The molecule has 2 N–H and O–H groups in total. The maximum atomic E-state index is 12.4. The number of benzene rings is 1. The maximum Gasteiger partial charge on any atom is 0.255 e. The number of ether oxygens (including phenoxy) is 1. The molecule has 4 nitrogen and oxygen atoms in total. The van der Waals surface area contributed by atoms with Crippen LogP contribution in [0.5, 0.6) is 0 Å². The second-order valence-electron chi connectivity index (χ2n) is 4.98. The van der Waals surface area contributed by atoms with E-state index < -0.39 is 0 Å². The summed E-state index contributed by atoms with van der Waals surface area (Å²) in [6.07, 6.45) is 2.89. The van der Waals surface area contributed by atoms with Gasteiger partial charge in [0.2, 0.25) is 0 Å². The Hall–Kier alpha value is -0.810. The highest BCUT2D eigenvalue weighted by molar-refractivity contribution is 6.33. The van der Waals surface area contributed by atoms with E-state index in [0.717, 1.165) is 32.4 Å². The van der Waals surface area contributed by atoms with Gasteiger partial charge in [-0.1, -0.05) is 23.7 Å². The van der Waals surface area contributed by atoms with Crippen molar-refractivity contribution in [1.82, 2.24) is 4.90 Å². The lowest BCUT2D eigenvalue weighted by atomic mass is 10.1. The number of amides is 1. The van der Waals surface area contributed by atoms with Gasteiger partial charge in [-0.3, -0.25) is 4.79 Å². The summed E-state index contributed by atoms with van der Waals surface area (Å²) in [6.45, 7) is 2.80. The van der Waals surface area contributed by atoms with Gasteiger partial charge in [-0.2, -0.15) is 0 Å². The molecular formula is C15H22Cl2N2O2. The molecule has 0 aromatic heterocycles. The first-order valence-electron chi connectivity index (χ1n) is 7.08. The summed E-state index contributed by atoms with van der Waals surface area (Å²) in [4.78, 5) is 14.2. The molecule has 1 aliphatic heterocycles. The zero-order valence-electron chi connectivity index (χ0n) is 12.0. The Morgan fingerprint density at radius 2 is 2.00 bits per heavy atom. The minimum absolute atomic E-state index is 0. The normalized spacial score (nSPS) is 15.6. The predicted octanol–water partition coefficient (Wildman–Crippen LogP) is 2.73. The summed E-state index contributed by atoms with van der Waals surface area (Å²) >= 11 is 6.07. The molecule has 1 amide bonds. The van der Waals surface area contributed by atoms with Crippen molar-refractivity contribution in [3.05, 3.63) is 34.9 Å². The zero-order chi connectivity index (χ0) is 14.4. The van der Waals surface area contributed by atoms with Crippen LogP contribution in [0, 0.1) is 0 Å². The van der Waals surface area contributed by atoms with Crippen LogP contribution in [0.1, 0.15) is 29.6 Å². The van der Waals surface area contributed by atoms with Gasteiger partial charge in [0.05, 0.1) is 16.7 Å². The van der Waals surface area contributed by atoms with E-state index in [1.807, 2.05) is 17.0 Å². The molecule has 1 saturated heterocycles. The van der Waals surface area contributed by atoms with Gasteiger partial charge in [-0.05, 0) is 37.9 Å². The Morgan fingerprint density at radius 1 is 1.33 bits per heavy atom. The van der Waals surface area contributed by atoms with Crippen LogP contribution in [-0.4, -0.2) is 43.2 Å². The highest BCUT2D eigenvalue weighted by atomic mass is 35.5. The van der Waals surface area contributed by atoms with Gasteiger partial charge in [0, 0.05) is 19.7 Å². The van der Waals surface area contributed by atoms with Crippen molar-refractivity contribution in [2.75, 3.05) is 26.2 Å². The molecular weight excluding hydrogens is 311 g/mol. The Kier molecular flexibility index (Phi) is 8.04. The van der Waals surface area contributed by atoms with Gasteiger partial charge in [0.1, 0.15) is 0 Å². The number of halogens is 2. The fourth-order valence-electron chi connectivity index (χ4n) is 2.36. The van der Waals surface area contributed by atoms with E-state index in [1.165, 1.54) is 0 Å². The maximum absolute atomic E-state index is 12.4. The summed E-state index contributed by atoms with van der Waals surface area (Å²) in [6, 6.07) is 7.18. The Morgan fingerprint density at radius 3 is 2.62 bits per heavy atom. The van der Waals surface area contributed by atoms with Gasteiger partial charge in [0.25, 0.3) is 5.91 Å². The van der Waals surface area contributed by atoms with Crippen molar-refractivity contribution >= 4 is 29.9 Å². The van der Waals surface area contributed by atoms with E-state index in [0.29, 0.717) is 23.7 Å². The van der Waals surface area contributed by atoms with Crippen LogP contribution in [0.3, 0.4) is 0 Å². The first-order valence-corrected chi connectivity index (χ1v) is 7.45. The molecule has 6 heteroatoms. The molecule has 0 aliphatic carbocycles. The Bertz CT molecular complexity index is 449. The molecule has 1 aliphatic rings. The molecule has 0 atom stereocenters. The van der Waals surface area contributed by atoms with Crippen LogP contribution in [0.25, 0.3) is 0 Å². The van der Waals surface area contributed by atoms with E-state index >= 15 is 0 Å². The number of rotatable bonds is 5. The predicted molar refractivity (Wildman–Crippen MR) is 87.2 cm³/mol. The standard InChI is InChI=1S/C15H21ClN2O2.ClH/c16-14-5-2-1-4-13(14)15(19)18-9-6-12(7-10-18)20-11-3-8-17;/h1-2,4-5,12H,3,6-11,17H2;1H. The second kappa shape index (κ2) is 9.26. The lowest BCUT2D eigenvalue weighted by Crippen LogP contribution is -2.41. The van der Waals surface area contributed by atoms with E-state index in [-0.39, 0.29) is 24.4 Å². The van der Waals surface area contributed by atoms with Crippen LogP contribution in [-0.2, 0) is 4.74 Å². The Balaban J connectivity index is 0.00000220. The van der Waals surface area contributed by atoms with Crippen LogP contribution >= 0.6 is 24.0 Å². The van der Waals surface area contributed by atoms with Gasteiger partial charge in [0.15, 0.2) is 0 Å². The van der Waals surface area contributed by atoms with Crippen molar-refractivity contribution in [2.45, 2.75) is 25.4 Å². The SMILES string of the molecule is Cl.NCCCOC1CCN(C(=O)c2ccccc2Cl)CC1. The average Bonchev–Trinajstić information content (AvgIpc) is 2.48. The van der Waals surface area contributed by atoms with E-state index in [9.17, 15) is 4.79 Å². The molecule has 0 radical (unpaired) electrons. The molecule has 21 heavy (non-hydrogen) atoms. The summed E-state index contributed by atoms with van der Waals surface area (Å²) in [5.74, 6) is 0.0102. The summed E-state index contributed by atoms with van der Waals surface area (Å²) in [7, 11) is 0. The topological polar surface area (TPSA) is 55.6 Å². The number of nitrogens with two attached hydrogens (primary N) is 1. The minimum atomic E-state index is 0. The number of carbonyl (C=O) groups is 1. The Labute approximate surface area is 137 Å². The van der Waals surface area contributed by atoms with E-state index in [2.05, 4.69) is 0 Å². The smallest absolute Gasteiger partial charge is 0.255 e. The van der Waals surface area contributed by atoms with Gasteiger partial charge in [-0.25, -0.2) is 0 Å². The molecule has 0 bridgehead atoms. The molecule has 1 fully saturated rings. The molecule has 118 valence electrons. The summed E-state index contributed by atoms with van der Waals surface area (Å²) in [5, 5.41) is 0.513. The van der Waals surface area contributed by atoms with Gasteiger partial charge in [-0.15, -0.1) is 12.4 Å². The van der Waals surface area contributed by atoms with Crippen LogP contribution < -0.4 is 5.73 Å². The third-order valence-corrected chi connectivity index (χ3v) is 3.87. The molecule has 2 rings (SSSR count). The molecule has 0 saturated carbocycles. The first kappa shape index (κ1) is 18.2. The molecule has 0 spiro atoms. The molecule has 1 heterocycles. The zero-order valence-corrected chi connectivity index (χ0v) is 13.5. The van der Waals surface area contributed by atoms with Crippen LogP contribution in [0.4, 0.5) is 0 Å². The van der Waals surface area contributed by atoms with Crippen molar-refractivity contribution in [2.24, 2.45) is 5.73 Å². The third kappa shape index (κ3) is 5.15. The monoisotopic (exact) mass is 332 g/mol. The van der Waals surface area contributed by atoms with Crippen molar-refractivity contribution in [3.8, 4) is 0 Å². The summed E-state index contributed by atoms with van der Waals surface area (Å²) < 4.78 is 5.74. The highest BCUT2D eigenvalue weighted by Gasteiger charge is 2.24. The van der Waals surface area contributed by atoms with E-state index in [1.54, 1.807) is 12.1 Å². The number of piperidine rings is 1. The number of hydrogen-bond acceptors (Lipinski definition) is 3.